The lowest BCUT2D eigenvalue weighted by molar-refractivity contribution is 0.00467. The number of fused-ring (bicyclic) bond motifs is 5. The zero-order valence-corrected chi connectivity index (χ0v) is 16.3. The summed E-state index contributed by atoms with van der Waals surface area (Å²) < 4.78 is 12.6. The third kappa shape index (κ3) is 2.40. The number of para-hydroxylation sites is 1. The smallest absolute Gasteiger partial charge is 0.253 e. The summed E-state index contributed by atoms with van der Waals surface area (Å²) in [5, 5.41) is 0. The van der Waals surface area contributed by atoms with E-state index in [0.717, 1.165) is 58.7 Å². The van der Waals surface area contributed by atoms with Crippen molar-refractivity contribution < 1.29 is 14.3 Å². The van der Waals surface area contributed by atoms with E-state index >= 15 is 0 Å². The highest BCUT2D eigenvalue weighted by Crippen LogP contribution is 2.49. The minimum absolute atomic E-state index is 0.0225. The van der Waals surface area contributed by atoms with Crippen molar-refractivity contribution in [1.29, 1.82) is 0 Å². The number of hydrogen-bond donors (Lipinski definition) is 1. The summed E-state index contributed by atoms with van der Waals surface area (Å²) >= 11 is 0. The van der Waals surface area contributed by atoms with Crippen LogP contribution in [-0.4, -0.2) is 41.5 Å². The highest BCUT2D eigenvalue weighted by Gasteiger charge is 2.44. The van der Waals surface area contributed by atoms with Crippen molar-refractivity contribution in [1.82, 2.24) is 14.9 Å². The molecule has 2 aliphatic rings. The largest absolute Gasteiger partial charge is 0.493 e. The molecule has 1 N–H and O–H groups in total. The van der Waals surface area contributed by atoms with Gasteiger partial charge in [-0.2, -0.15) is 0 Å². The molecule has 0 saturated heterocycles. The Kier molecular flexibility index (Phi) is 3.66. The van der Waals surface area contributed by atoms with E-state index in [1.807, 2.05) is 31.2 Å². The van der Waals surface area contributed by atoms with Gasteiger partial charge in [0.15, 0.2) is 0 Å². The van der Waals surface area contributed by atoms with Crippen LogP contribution in [0.3, 0.4) is 0 Å². The molecular weight excluding hydrogens is 354 g/mol. The predicted octanol–water partition coefficient (Wildman–Crippen LogP) is 3.58. The highest BCUT2D eigenvalue weighted by molar-refractivity contribution is 6.01. The average Bonchev–Trinajstić information content (AvgIpc) is 3.07. The Balaban J connectivity index is 1.72. The SMILES string of the molecule is Cc1nc2cc(C(=O)N(C)C)c3c(c2[nH]1)OC1(CCOc2ccccc21)CC3. The molecule has 1 spiro atoms. The van der Waals surface area contributed by atoms with Crippen molar-refractivity contribution in [2.45, 2.75) is 31.8 Å². The maximum Gasteiger partial charge on any atom is 0.253 e. The summed E-state index contributed by atoms with van der Waals surface area (Å²) in [6.45, 7) is 2.54. The van der Waals surface area contributed by atoms with Crippen molar-refractivity contribution >= 4 is 16.9 Å². The summed E-state index contributed by atoms with van der Waals surface area (Å²) in [6.07, 6.45) is 2.36. The lowest BCUT2D eigenvalue weighted by Crippen LogP contribution is -2.41. The summed E-state index contributed by atoms with van der Waals surface area (Å²) in [6, 6.07) is 9.98. The van der Waals surface area contributed by atoms with Crippen LogP contribution in [0.5, 0.6) is 11.5 Å². The van der Waals surface area contributed by atoms with Crippen LogP contribution in [0.4, 0.5) is 0 Å². The molecule has 0 radical (unpaired) electrons. The van der Waals surface area contributed by atoms with E-state index in [2.05, 4.69) is 16.0 Å². The summed E-state index contributed by atoms with van der Waals surface area (Å²) in [4.78, 5) is 22.4. The van der Waals surface area contributed by atoms with Gasteiger partial charge in [0.1, 0.15) is 28.4 Å². The number of aryl methyl sites for hydroxylation is 1. The topological polar surface area (TPSA) is 67.5 Å². The predicted molar refractivity (Wildman–Crippen MR) is 106 cm³/mol. The normalized spacial score (nSPS) is 20.2. The minimum atomic E-state index is -0.437. The van der Waals surface area contributed by atoms with E-state index in [-0.39, 0.29) is 5.91 Å². The summed E-state index contributed by atoms with van der Waals surface area (Å²) in [5.74, 6) is 2.42. The van der Waals surface area contributed by atoms with Crippen molar-refractivity contribution in [2.75, 3.05) is 20.7 Å². The molecule has 6 heteroatoms. The first-order valence-electron chi connectivity index (χ1n) is 9.64. The highest BCUT2D eigenvalue weighted by atomic mass is 16.5. The van der Waals surface area contributed by atoms with Crippen LogP contribution in [-0.2, 0) is 12.0 Å². The molecule has 2 aromatic carbocycles. The Morgan fingerprint density at radius 2 is 2.07 bits per heavy atom. The number of nitrogens with zero attached hydrogens (tertiary/aromatic N) is 2. The van der Waals surface area contributed by atoms with Crippen molar-refractivity contribution in [3.05, 3.63) is 52.8 Å². The van der Waals surface area contributed by atoms with Gasteiger partial charge in [-0.3, -0.25) is 4.79 Å². The maximum atomic E-state index is 12.8. The zero-order chi connectivity index (χ0) is 19.5. The standard InChI is InChI=1S/C22H23N3O3/c1-13-23-17-12-15(21(26)25(2)3)14-8-9-22(28-20(14)19(17)24-13)10-11-27-18-7-5-4-6-16(18)22/h4-7,12H,8-11H2,1-3H3,(H,23,24). The third-order valence-electron chi connectivity index (χ3n) is 5.81. The van der Waals surface area contributed by atoms with Crippen molar-refractivity contribution in [3.63, 3.8) is 0 Å². The molecule has 3 aromatic rings. The third-order valence-corrected chi connectivity index (χ3v) is 5.81. The molecule has 1 aromatic heterocycles. The van der Waals surface area contributed by atoms with Gasteiger partial charge < -0.3 is 19.4 Å². The Bertz CT molecular complexity index is 1100. The molecule has 3 heterocycles. The van der Waals surface area contributed by atoms with Gasteiger partial charge in [-0.25, -0.2) is 4.98 Å². The number of hydrogen-bond acceptors (Lipinski definition) is 4. The maximum absolute atomic E-state index is 12.8. The first-order valence-corrected chi connectivity index (χ1v) is 9.64. The Labute approximate surface area is 163 Å². The number of aromatic amines is 1. The van der Waals surface area contributed by atoms with Crippen LogP contribution in [0.2, 0.25) is 0 Å². The monoisotopic (exact) mass is 377 g/mol. The number of imidazole rings is 1. The summed E-state index contributed by atoms with van der Waals surface area (Å²) in [5.41, 5.74) is 3.91. The zero-order valence-electron chi connectivity index (χ0n) is 16.3. The molecule has 2 aliphatic heterocycles. The molecule has 0 bridgehead atoms. The van der Waals surface area contributed by atoms with Crippen molar-refractivity contribution in [3.8, 4) is 11.5 Å². The molecule has 144 valence electrons. The lowest BCUT2D eigenvalue weighted by atomic mass is 9.80. The Morgan fingerprint density at radius 3 is 2.89 bits per heavy atom. The van der Waals surface area contributed by atoms with E-state index in [4.69, 9.17) is 9.47 Å². The fourth-order valence-electron chi connectivity index (χ4n) is 4.45. The van der Waals surface area contributed by atoms with E-state index in [9.17, 15) is 4.79 Å². The molecule has 0 fully saturated rings. The van der Waals surface area contributed by atoms with Gasteiger partial charge in [0.05, 0.1) is 12.1 Å². The van der Waals surface area contributed by atoms with E-state index in [1.54, 1.807) is 19.0 Å². The van der Waals surface area contributed by atoms with Gasteiger partial charge in [-0.15, -0.1) is 0 Å². The molecule has 1 amide bonds. The quantitative estimate of drug-likeness (QED) is 0.704. The number of H-pyrrole nitrogens is 1. The van der Waals surface area contributed by atoms with Gasteiger partial charge in [0.25, 0.3) is 5.91 Å². The fourth-order valence-corrected chi connectivity index (χ4v) is 4.45. The number of rotatable bonds is 1. The van der Waals surface area contributed by atoms with Crippen LogP contribution < -0.4 is 9.47 Å². The van der Waals surface area contributed by atoms with Crippen LogP contribution >= 0.6 is 0 Å². The van der Waals surface area contributed by atoms with Gasteiger partial charge in [0.2, 0.25) is 0 Å². The molecule has 6 nitrogen and oxygen atoms in total. The molecule has 28 heavy (non-hydrogen) atoms. The second-order valence-corrected chi connectivity index (χ2v) is 7.84. The van der Waals surface area contributed by atoms with E-state index in [1.165, 1.54) is 0 Å². The average molecular weight is 377 g/mol. The van der Waals surface area contributed by atoms with E-state index < -0.39 is 5.60 Å². The van der Waals surface area contributed by atoms with Crippen LogP contribution in [0, 0.1) is 6.92 Å². The summed E-state index contributed by atoms with van der Waals surface area (Å²) in [7, 11) is 3.54. The first kappa shape index (κ1) is 17.1. The second kappa shape index (κ2) is 5.99. The molecule has 5 rings (SSSR count). The van der Waals surface area contributed by atoms with Crippen LogP contribution in [0.15, 0.2) is 30.3 Å². The van der Waals surface area contributed by atoms with Gasteiger partial charge in [-0.05, 0) is 31.9 Å². The molecule has 0 saturated carbocycles. The minimum Gasteiger partial charge on any atom is -0.493 e. The van der Waals surface area contributed by atoms with Gasteiger partial charge in [0, 0.05) is 37.2 Å². The first-order chi connectivity index (χ1) is 13.5. The second-order valence-electron chi connectivity index (χ2n) is 7.84. The molecular formula is C22H23N3O3. The number of ether oxygens (including phenoxy) is 2. The van der Waals surface area contributed by atoms with Crippen LogP contribution in [0.25, 0.3) is 11.0 Å². The number of amides is 1. The number of carbonyl (C=O) groups is 1. The fraction of sp³-hybridized carbons (Fsp3) is 0.364. The van der Waals surface area contributed by atoms with Crippen molar-refractivity contribution in [2.24, 2.45) is 0 Å². The number of benzene rings is 2. The lowest BCUT2D eigenvalue weighted by Gasteiger charge is -2.42. The number of carbonyl (C=O) groups excluding carboxylic acids is 1. The Morgan fingerprint density at radius 1 is 1.25 bits per heavy atom. The van der Waals surface area contributed by atoms with Gasteiger partial charge >= 0.3 is 0 Å². The Hall–Kier alpha value is -3.02. The molecule has 1 atom stereocenters. The molecule has 0 aliphatic carbocycles. The van der Waals surface area contributed by atoms with Gasteiger partial charge in [-0.1, -0.05) is 18.2 Å². The molecule has 1 unspecified atom stereocenters. The van der Waals surface area contributed by atoms with E-state index in [0.29, 0.717) is 12.2 Å². The number of nitrogens with one attached hydrogen (secondary N) is 1. The van der Waals surface area contributed by atoms with Crippen LogP contribution in [0.1, 0.15) is 40.2 Å². The number of aromatic nitrogens is 2.